The van der Waals surface area contributed by atoms with Crippen molar-refractivity contribution in [3.8, 4) is 17.6 Å². The summed E-state index contributed by atoms with van der Waals surface area (Å²) in [5, 5.41) is 12.5. The quantitative estimate of drug-likeness (QED) is 0.0533. The Morgan fingerprint density at radius 1 is 0.800 bits per heavy atom. The van der Waals surface area contributed by atoms with Crippen LogP contribution in [-0.4, -0.2) is 74.7 Å². The van der Waals surface area contributed by atoms with Gasteiger partial charge in [-0.05, 0) is 107 Å². The van der Waals surface area contributed by atoms with Crippen LogP contribution in [0.25, 0.3) is 0 Å². The Morgan fingerprint density at radius 3 is 1.83 bits per heavy atom. The van der Waals surface area contributed by atoms with Crippen molar-refractivity contribution in [1.29, 1.82) is 5.26 Å². The smallest absolute Gasteiger partial charge is 0.449 e. The molecule has 3 aromatic rings. The van der Waals surface area contributed by atoms with E-state index in [2.05, 4.69) is 55.9 Å². The van der Waals surface area contributed by atoms with Gasteiger partial charge in [-0.1, -0.05) is 61.0 Å². The molecule has 60 heavy (non-hydrogen) atoms. The van der Waals surface area contributed by atoms with Crippen molar-refractivity contribution >= 4 is 20.2 Å². The highest BCUT2D eigenvalue weighted by Crippen LogP contribution is 2.50. The van der Waals surface area contributed by atoms with Crippen molar-refractivity contribution in [1.82, 2.24) is 9.99 Å². The summed E-state index contributed by atoms with van der Waals surface area (Å²) < 4.78 is 71.7. The van der Waals surface area contributed by atoms with E-state index < -0.39 is 37.9 Å². The number of alkyl halides is 3. The molecule has 1 unspecified atom stereocenters. The molecule has 1 amide bonds. The third-order valence-corrected chi connectivity index (χ3v) is 13.0. The third-order valence-electron chi connectivity index (χ3n) is 10.9. The molecule has 0 saturated heterocycles. The molecule has 1 N–H and O–H groups in total. The lowest BCUT2D eigenvalue weighted by molar-refractivity contribution is -0.171. The predicted molar refractivity (Wildman–Crippen MR) is 226 cm³/mol. The number of nitrogens with zero attached hydrogens (tertiary/aromatic N) is 2. The second-order valence-electron chi connectivity index (χ2n) is 15.9. The molecular formula is C46H61F3N3O7P. The number of ether oxygens (including phenoxy) is 3. The van der Waals surface area contributed by atoms with Crippen LogP contribution in [0, 0.1) is 16.7 Å². The average molecular weight is 856 g/mol. The fourth-order valence-corrected chi connectivity index (χ4v) is 9.46. The summed E-state index contributed by atoms with van der Waals surface area (Å²) >= 11 is 0. The maximum atomic E-state index is 13.0. The monoisotopic (exact) mass is 855 g/mol. The number of Topliss-reactive ketones (excluding diaryl/α,β-unsaturated/α-hetero) is 1. The van der Waals surface area contributed by atoms with Gasteiger partial charge in [-0.3, -0.25) is 9.59 Å². The Labute approximate surface area is 355 Å². The van der Waals surface area contributed by atoms with E-state index in [9.17, 15) is 28.0 Å². The summed E-state index contributed by atoms with van der Waals surface area (Å²) in [5.74, 6) is -0.478. The van der Waals surface area contributed by atoms with Crippen molar-refractivity contribution in [3.05, 3.63) is 95.6 Å². The number of halogens is 3. The second-order valence-corrected chi connectivity index (χ2v) is 17.4. The number of nitriles is 1. The van der Waals surface area contributed by atoms with Crippen LogP contribution in [0.2, 0.25) is 0 Å². The molecule has 0 heterocycles. The van der Waals surface area contributed by atoms with Gasteiger partial charge in [0.2, 0.25) is 11.7 Å². The van der Waals surface area contributed by atoms with Crippen LogP contribution in [-0.2, 0) is 29.0 Å². The highest BCUT2D eigenvalue weighted by atomic mass is 31.2. The van der Waals surface area contributed by atoms with E-state index in [1.54, 1.807) is 14.2 Å². The number of unbranched alkanes of at least 4 members (excludes halogenated alkanes) is 2. The third kappa shape index (κ3) is 13.5. The van der Waals surface area contributed by atoms with Gasteiger partial charge < -0.3 is 28.6 Å². The fraction of sp³-hybridized carbons (Fsp3) is 0.543. The number of carbonyl (C=O) groups is 2. The maximum Gasteiger partial charge on any atom is 0.449 e. The van der Waals surface area contributed by atoms with Crippen LogP contribution in [0.1, 0.15) is 109 Å². The standard InChI is InChI=1S/C46H61F3N3O7P/c1-34(2)52(35(3)4)60(58-31-13-30-50)59-33-44(28-26-39(27-29-44)51-43(54)17-12-8-11-16-42(53)46(47,48)49)32-57-45(36-14-9-7-10-15-36,37-18-22-40(55-5)23-19-37)38-20-24-41(56-6)25-21-38/h7,9-10,14-15,18-25,34-35,39H,8,11-13,16-17,26-29,31-33H2,1-6H3,(H,51,54). The lowest BCUT2D eigenvalue weighted by atomic mass is 9.73. The number of carbonyl (C=O) groups excluding carboxylic acids is 2. The van der Waals surface area contributed by atoms with E-state index in [0.29, 0.717) is 56.6 Å². The van der Waals surface area contributed by atoms with E-state index in [1.807, 2.05) is 66.7 Å². The molecule has 328 valence electrons. The summed E-state index contributed by atoms with van der Waals surface area (Å²) in [6.07, 6.45) is -1.57. The van der Waals surface area contributed by atoms with Gasteiger partial charge in [0.1, 0.15) is 17.1 Å². The van der Waals surface area contributed by atoms with Gasteiger partial charge >= 0.3 is 6.18 Å². The number of benzene rings is 3. The molecule has 1 atom stereocenters. The molecule has 0 radical (unpaired) electrons. The summed E-state index contributed by atoms with van der Waals surface area (Å²) in [4.78, 5) is 24.2. The first kappa shape index (κ1) is 48.6. The Bertz CT molecular complexity index is 1740. The molecule has 0 spiro atoms. The zero-order valence-electron chi connectivity index (χ0n) is 35.8. The number of amides is 1. The number of rotatable bonds is 24. The fourth-order valence-electron chi connectivity index (χ4n) is 7.74. The van der Waals surface area contributed by atoms with E-state index in [-0.39, 0.29) is 56.5 Å². The minimum atomic E-state index is -4.83. The SMILES string of the molecule is COc1ccc(C(OCC2(COP(OCCC#N)N(C(C)C)C(C)C)CCC(NC(=O)CCCCCC(=O)C(F)(F)F)CC2)(c2ccccc2)c2ccc(OC)cc2)cc1. The summed E-state index contributed by atoms with van der Waals surface area (Å²) in [7, 11) is 1.71. The van der Waals surface area contributed by atoms with Gasteiger partial charge in [-0.15, -0.1) is 0 Å². The molecule has 1 fully saturated rings. The Kier molecular flexibility index (Phi) is 18.8. The van der Waals surface area contributed by atoms with Crippen LogP contribution < -0.4 is 14.8 Å². The molecule has 10 nitrogen and oxygen atoms in total. The van der Waals surface area contributed by atoms with E-state index in [0.717, 1.165) is 16.7 Å². The number of ketones is 1. The molecule has 4 rings (SSSR count). The van der Waals surface area contributed by atoms with E-state index >= 15 is 0 Å². The van der Waals surface area contributed by atoms with Crippen LogP contribution >= 0.6 is 8.53 Å². The maximum absolute atomic E-state index is 13.0. The molecule has 1 saturated carbocycles. The van der Waals surface area contributed by atoms with Gasteiger partial charge in [-0.25, -0.2) is 4.67 Å². The summed E-state index contributed by atoms with van der Waals surface area (Å²) in [6, 6.07) is 28.1. The van der Waals surface area contributed by atoms with Crippen LogP contribution in [0.5, 0.6) is 11.5 Å². The van der Waals surface area contributed by atoms with Gasteiger partial charge in [-0.2, -0.15) is 18.4 Å². The minimum absolute atomic E-state index is 0.0862. The van der Waals surface area contributed by atoms with E-state index in [1.165, 1.54) is 0 Å². The highest BCUT2D eigenvalue weighted by molar-refractivity contribution is 7.44. The Morgan fingerprint density at radius 2 is 1.33 bits per heavy atom. The van der Waals surface area contributed by atoms with E-state index in [4.69, 9.17) is 23.3 Å². The van der Waals surface area contributed by atoms with Crippen molar-refractivity contribution < 1.29 is 46.0 Å². The molecule has 0 aliphatic heterocycles. The summed E-state index contributed by atoms with van der Waals surface area (Å²) in [5.41, 5.74) is 1.12. The van der Waals surface area contributed by atoms with Crippen molar-refractivity contribution in [2.24, 2.45) is 5.41 Å². The Hall–Kier alpha value is -4.05. The molecule has 1 aliphatic carbocycles. The van der Waals surface area contributed by atoms with Gasteiger partial charge in [0, 0.05) is 36.4 Å². The zero-order valence-corrected chi connectivity index (χ0v) is 36.7. The number of hydrogen-bond acceptors (Lipinski definition) is 9. The first-order chi connectivity index (χ1) is 28.7. The normalized spacial score (nSPS) is 17.7. The van der Waals surface area contributed by atoms with Gasteiger partial charge in [0.15, 0.2) is 0 Å². The van der Waals surface area contributed by atoms with Crippen LogP contribution in [0.4, 0.5) is 13.2 Å². The lowest BCUT2D eigenvalue weighted by Gasteiger charge is -2.45. The highest BCUT2D eigenvalue weighted by Gasteiger charge is 2.44. The summed E-state index contributed by atoms with van der Waals surface area (Å²) in [6.45, 7) is 9.20. The lowest BCUT2D eigenvalue weighted by Crippen LogP contribution is -2.46. The van der Waals surface area contributed by atoms with Gasteiger partial charge in [0.05, 0.1) is 46.5 Å². The number of methoxy groups -OCH3 is 2. The van der Waals surface area contributed by atoms with Crippen molar-refractivity contribution in [3.63, 3.8) is 0 Å². The topological polar surface area (TPSA) is 119 Å². The molecule has 3 aromatic carbocycles. The van der Waals surface area contributed by atoms with Crippen molar-refractivity contribution in [2.75, 3.05) is 34.0 Å². The first-order valence-electron chi connectivity index (χ1n) is 20.8. The minimum Gasteiger partial charge on any atom is -0.497 e. The molecule has 14 heteroatoms. The molecular weight excluding hydrogens is 794 g/mol. The van der Waals surface area contributed by atoms with Crippen LogP contribution in [0.15, 0.2) is 78.9 Å². The Balaban J connectivity index is 1.65. The molecule has 1 aliphatic rings. The number of nitrogens with one attached hydrogen (secondary N) is 1. The van der Waals surface area contributed by atoms with Crippen LogP contribution in [0.3, 0.4) is 0 Å². The van der Waals surface area contributed by atoms with Gasteiger partial charge in [0.25, 0.3) is 8.53 Å². The molecule has 0 bridgehead atoms. The number of hydrogen-bond donors (Lipinski definition) is 1. The second kappa shape index (κ2) is 23.2. The van der Waals surface area contributed by atoms with Crippen molar-refractivity contribution in [2.45, 2.75) is 122 Å². The first-order valence-corrected chi connectivity index (χ1v) is 21.9. The zero-order chi connectivity index (χ0) is 43.8. The largest absolute Gasteiger partial charge is 0.497 e. The molecule has 0 aromatic heterocycles. The average Bonchev–Trinajstić information content (AvgIpc) is 3.23. The predicted octanol–water partition coefficient (Wildman–Crippen LogP) is 10.4.